The zero-order valence-electron chi connectivity index (χ0n) is 10.7. The summed E-state index contributed by atoms with van der Waals surface area (Å²) in [5.74, 6) is 0.849. The van der Waals surface area contributed by atoms with Gasteiger partial charge in [0.25, 0.3) is 0 Å². The SMILES string of the molecule is c1cc2cc(NNCC3CCCCC3)ccc2[nH]1. The van der Waals surface area contributed by atoms with Gasteiger partial charge in [-0.1, -0.05) is 19.3 Å². The molecule has 1 fully saturated rings. The van der Waals surface area contributed by atoms with Crippen LogP contribution in [-0.4, -0.2) is 11.5 Å². The van der Waals surface area contributed by atoms with Crippen LogP contribution >= 0.6 is 0 Å². The van der Waals surface area contributed by atoms with Crippen LogP contribution in [-0.2, 0) is 0 Å². The van der Waals surface area contributed by atoms with E-state index in [2.05, 4.69) is 40.1 Å². The minimum absolute atomic E-state index is 0.849. The second-order valence-corrected chi connectivity index (χ2v) is 5.29. The van der Waals surface area contributed by atoms with E-state index >= 15 is 0 Å². The summed E-state index contributed by atoms with van der Waals surface area (Å²) >= 11 is 0. The number of H-pyrrole nitrogens is 1. The van der Waals surface area contributed by atoms with E-state index in [0.717, 1.165) is 18.2 Å². The highest BCUT2D eigenvalue weighted by molar-refractivity contribution is 5.82. The number of hydrogen-bond donors (Lipinski definition) is 3. The van der Waals surface area contributed by atoms with E-state index in [1.807, 2.05) is 6.20 Å². The Morgan fingerprint density at radius 1 is 1.11 bits per heavy atom. The van der Waals surface area contributed by atoms with Crippen molar-refractivity contribution >= 4 is 16.6 Å². The predicted octanol–water partition coefficient (Wildman–Crippen LogP) is 3.66. The minimum atomic E-state index is 0.849. The summed E-state index contributed by atoms with van der Waals surface area (Å²) in [7, 11) is 0. The molecule has 0 amide bonds. The third-order valence-electron chi connectivity index (χ3n) is 3.90. The summed E-state index contributed by atoms with van der Waals surface area (Å²) in [6.07, 6.45) is 8.97. The number of benzene rings is 1. The van der Waals surface area contributed by atoms with Crippen molar-refractivity contribution in [2.24, 2.45) is 5.92 Å². The molecule has 96 valence electrons. The second kappa shape index (κ2) is 5.44. The molecule has 0 atom stereocenters. The summed E-state index contributed by atoms with van der Waals surface area (Å²) in [4.78, 5) is 3.21. The molecule has 1 saturated carbocycles. The third kappa shape index (κ3) is 2.67. The van der Waals surface area contributed by atoms with Crippen LogP contribution in [0.3, 0.4) is 0 Å². The number of hydrazine groups is 1. The number of hydrogen-bond acceptors (Lipinski definition) is 2. The lowest BCUT2D eigenvalue weighted by atomic mass is 9.89. The van der Waals surface area contributed by atoms with Gasteiger partial charge in [0.15, 0.2) is 0 Å². The molecule has 0 radical (unpaired) electrons. The van der Waals surface area contributed by atoms with Gasteiger partial charge in [-0.05, 0) is 43.0 Å². The molecule has 1 aromatic heterocycles. The normalized spacial score (nSPS) is 17.1. The van der Waals surface area contributed by atoms with Crippen LogP contribution in [0.2, 0.25) is 0 Å². The van der Waals surface area contributed by atoms with E-state index in [-0.39, 0.29) is 0 Å². The summed E-state index contributed by atoms with van der Waals surface area (Å²) in [5.41, 5.74) is 9.00. The number of nitrogens with one attached hydrogen (secondary N) is 3. The third-order valence-corrected chi connectivity index (χ3v) is 3.90. The molecule has 1 aliphatic carbocycles. The van der Waals surface area contributed by atoms with Gasteiger partial charge in [0.05, 0.1) is 0 Å². The van der Waals surface area contributed by atoms with Crippen molar-refractivity contribution in [2.45, 2.75) is 32.1 Å². The molecule has 0 aliphatic heterocycles. The standard InChI is InChI=1S/C15H21N3/c1-2-4-12(5-3-1)11-17-18-14-6-7-15-13(10-14)8-9-16-15/h6-10,12,16-18H,1-5,11H2. The molecular weight excluding hydrogens is 222 g/mol. The molecule has 0 unspecified atom stereocenters. The molecule has 2 aromatic rings. The Morgan fingerprint density at radius 3 is 2.89 bits per heavy atom. The van der Waals surface area contributed by atoms with E-state index in [9.17, 15) is 0 Å². The molecule has 3 N–H and O–H groups in total. The van der Waals surface area contributed by atoms with E-state index < -0.39 is 0 Å². The van der Waals surface area contributed by atoms with Gasteiger partial charge in [-0.25, -0.2) is 5.43 Å². The van der Waals surface area contributed by atoms with Crippen molar-refractivity contribution in [3.63, 3.8) is 0 Å². The van der Waals surface area contributed by atoms with Gasteiger partial charge in [0, 0.05) is 29.3 Å². The van der Waals surface area contributed by atoms with Crippen molar-refractivity contribution < 1.29 is 0 Å². The van der Waals surface area contributed by atoms with Crippen molar-refractivity contribution in [3.8, 4) is 0 Å². The van der Waals surface area contributed by atoms with Crippen LogP contribution in [0.5, 0.6) is 0 Å². The Labute approximate surface area is 108 Å². The second-order valence-electron chi connectivity index (χ2n) is 5.29. The number of rotatable bonds is 4. The molecule has 0 bridgehead atoms. The zero-order chi connectivity index (χ0) is 12.2. The first kappa shape index (κ1) is 11.6. The first-order valence-corrected chi connectivity index (χ1v) is 6.98. The number of aromatic nitrogens is 1. The summed E-state index contributed by atoms with van der Waals surface area (Å²) in [5, 5.41) is 1.25. The smallest absolute Gasteiger partial charge is 0.0495 e. The molecule has 1 heterocycles. The first-order valence-electron chi connectivity index (χ1n) is 6.98. The van der Waals surface area contributed by atoms with Gasteiger partial charge >= 0.3 is 0 Å². The lowest BCUT2D eigenvalue weighted by molar-refractivity contribution is 0.349. The maximum atomic E-state index is 3.37. The first-order chi connectivity index (χ1) is 8.92. The highest BCUT2D eigenvalue weighted by Crippen LogP contribution is 2.23. The van der Waals surface area contributed by atoms with E-state index in [1.165, 1.54) is 43.0 Å². The van der Waals surface area contributed by atoms with Crippen molar-refractivity contribution in [1.82, 2.24) is 10.4 Å². The largest absolute Gasteiger partial charge is 0.361 e. The van der Waals surface area contributed by atoms with Gasteiger partial charge in [0.2, 0.25) is 0 Å². The zero-order valence-corrected chi connectivity index (χ0v) is 10.7. The Hall–Kier alpha value is -1.48. The summed E-state index contributed by atoms with van der Waals surface area (Å²) < 4.78 is 0. The molecule has 3 rings (SSSR count). The van der Waals surface area contributed by atoms with Crippen molar-refractivity contribution in [3.05, 3.63) is 30.5 Å². The van der Waals surface area contributed by atoms with Crippen molar-refractivity contribution in [2.75, 3.05) is 12.0 Å². The van der Waals surface area contributed by atoms with Gasteiger partial charge in [0.1, 0.15) is 0 Å². The average Bonchev–Trinajstić information content (AvgIpc) is 2.87. The monoisotopic (exact) mass is 243 g/mol. The maximum absolute atomic E-state index is 3.37. The van der Waals surface area contributed by atoms with Crippen LogP contribution in [0.15, 0.2) is 30.5 Å². The van der Waals surface area contributed by atoms with Gasteiger partial charge < -0.3 is 10.4 Å². The molecule has 18 heavy (non-hydrogen) atoms. The van der Waals surface area contributed by atoms with Crippen LogP contribution in [0, 0.1) is 5.92 Å². The number of fused-ring (bicyclic) bond motifs is 1. The number of anilines is 1. The molecule has 0 spiro atoms. The fourth-order valence-electron chi connectivity index (χ4n) is 2.82. The average molecular weight is 243 g/mol. The molecule has 1 aromatic carbocycles. The van der Waals surface area contributed by atoms with E-state index in [0.29, 0.717) is 0 Å². The van der Waals surface area contributed by atoms with Crippen LogP contribution in [0.4, 0.5) is 5.69 Å². The van der Waals surface area contributed by atoms with E-state index in [1.54, 1.807) is 0 Å². The fourth-order valence-corrected chi connectivity index (χ4v) is 2.82. The molecule has 1 aliphatic rings. The molecule has 3 nitrogen and oxygen atoms in total. The molecule has 0 saturated heterocycles. The maximum Gasteiger partial charge on any atom is 0.0495 e. The number of aromatic amines is 1. The highest BCUT2D eigenvalue weighted by Gasteiger charge is 2.12. The minimum Gasteiger partial charge on any atom is -0.361 e. The molecular formula is C15H21N3. The Kier molecular flexibility index (Phi) is 3.51. The Balaban J connectivity index is 1.52. The fraction of sp³-hybridized carbons (Fsp3) is 0.467. The van der Waals surface area contributed by atoms with Crippen LogP contribution < -0.4 is 10.9 Å². The lowest BCUT2D eigenvalue weighted by Gasteiger charge is -2.22. The Morgan fingerprint density at radius 2 is 2.00 bits per heavy atom. The Bertz CT molecular complexity index is 497. The summed E-state index contributed by atoms with van der Waals surface area (Å²) in [6.45, 7) is 1.07. The van der Waals surface area contributed by atoms with Gasteiger partial charge in [-0.15, -0.1) is 0 Å². The van der Waals surface area contributed by atoms with Crippen molar-refractivity contribution in [1.29, 1.82) is 0 Å². The quantitative estimate of drug-likeness (QED) is 0.717. The topological polar surface area (TPSA) is 39.8 Å². The highest BCUT2D eigenvalue weighted by atomic mass is 15.3. The lowest BCUT2D eigenvalue weighted by Crippen LogP contribution is -2.29. The van der Waals surface area contributed by atoms with Gasteiger partial charge in [-0.3, -0.25) is 0 Å². The van der Waals surface area contributed by atoms with Crippen LogP contribution in [0.1, 0.15) is 32.1 Å². The summed E-state index contributed by atoms with van der Waals surface area (Å²) in [6, 6.07) is 8.48. The predicted molar refractivity (Wildman–Crippen MR) is 76.5 cm³/mol. The molecule has 3 heteroatoms. The van der Waals surface area contributed by atoms with Crippen LogP contribution in [0.25, 0.3) is 10.9 Å². The van der Waals surface area contributed by atoms with E-state index in [4.69, 9.17) is 0 Å². The van der Waals surface area contributed by atoms with Gasteiger partial charge in [-0.2, -0.15) is 0 Å².